The van der Waals surface area contributed by atoms with E-state index in [1.165, 1.54) is 18.0 Å². The molecule has 2 aliphatic rings. The summed E-state index contributed by atoms with van der Waals surface area (Å²) in [5.41, 5.74) is 3.84. The average Bonchev–Trinajstić information content (AvgIpc) is 3.22. The first-order chi connectivity index (χ1) is 18.5. The standard InChI is InChI=1S/C28H33ClN8O2/c1-16-6-23(13-31-12-16)32-28(39)34-27(33-26-9-22-14-36(5)35-25(22)10-24(26)29)37(19(4)38)15-21-8-20(11-30)7-17(2)18(21)3/h6,8,10,12-14,17-18,21,26H,7,9,15H2,1-5H3,(H2,32,33,34,39)/t17-,18?,21?,26?/m0/s1. The first kappa shape index (κ1) is 28.0. The van der Waals surface area contributed by atoms with Gasteiger partial charge in [0.25, 0.3) is 0 Å². The predicted octanol–water partition coefficient (Wildman–Crippen LogP) is 4.40. The number of aryl methyl sites for hydroxylation is 2. The van der Waals surface area contributed by atoms with E-state index in [0.717, 1.165) is 16.8 Å². The number of carbonyl (C=O) groups is 2. The minimum atomic E-state index is -0.660. The Morgan fingerprint density at radius 1 is 1.31 bits per heavy atom. The second-order valence-electron chi connectivity index (χ2n) is 10.4. The van der Waals surface area contributed by atoms with E-state index < -0.39 is 12.1 Å². The molecule has 0 bridgehead atoms. The van der Waals surface area contributed by atoms with Crippen LogP contribution in [0.25, 0.3) is 6.08 Å². The van der Waals surface area contributed by atoms with Crippen molar-refractivity contribution in [3.8, 4) is 6.07 Å². The van der Waals surface area contributed by atoms with Crippen LogP contribution in [0.4, 0.5) is 10.5 Å². The van der Waals surface area contributed by atoms with Crippen molar-refractivity contribution < 1.29 is 9.59 Å². The molecule has 0 saturated heterocycles. The summed E-state index contributed by atoms with van der Waals surface area (Å²) in [6, 6.07) is 2.97. The van der Waals surface area contributed by atoms with Crippen molar-refractivity contribution in [3.05, 3.63) is 58.2 Å². The molecule has 3 unspecified atom stereocenters. The molecule has 4 atom stereocenters. The number of nitriles is 1. The SMILES string of the molecule is CC(=O)N(CC1C=C(C#N)C[C@H](C)C1C)/C(=N\C(=O)Nc1cncc(C)c1)NC1Cc2cn(C)nc2C=C1Cl. The lowest BCUT2D eigenvalue weighted by Crippen LogP contribution is -2.52. The summed E-state index contributed by atoms with van der Waals surface area (Å²) < 4.78 is 1.72. The van der Waals surface area contributed by atoms with Gasteiger partial charge in [0.05, 0.1) is 29.7 Å². The van der Waals surface area contributed by atoms with Crippen LogP contribution < -0.4 is 10.6 Å². The quantitative estimate of drug-likeness (QED) is 0.430. The van der Waals surface area contributed by atoms with Gasteiger partial charge in [-0.3, -0.25) is 19.4 Å². The van der Waals surface area contributed by atoms with Crippen molar-refractivity contribution in [2.45, 2.75) is 46.6 Å². The lowest BCUT2D eigenvalue weighted by atomic mass is 9.75. The van der Waals surface area contributed by atoms with Gasteiger partial charge >= 0.3 is 6.03 Å². The Labute approximate surface area is 233 Å². The van der Waals surface area contributed by atoms with E-state index >= 15 is 0 Å². The van der Waals surface area contributed by atoms with E-state index in [9.17, 15) is 14.9 Å². The zero-order valence-corrected chi connectivity index (χ0v) is 23.5. The topological polar surface area (TPSA) is 128 Å². The molecule has 0 saturated carbocycles. The fraction of sp³-hybridized carbons (Fsp3) is 0.429. The van der Waals surface area contributed by atoms with E-state index in [4.69, 9.17) is 11.6 Å². The molecule has 2 aromatic rings. The summed E-state index contributed by atoms with van der Waals surface area (Å²) >= 11 is 6.64. The molecule has 0 fully saturated rings. The summed E-state index contributed by atoms with van der Waals surface area (Å²) in [5.74, 6) is 0.191. The van der Waals surface area contributed by atoms with Crippen molar-refractivity contribution in [1.29, 1.82) is 5.26 Å². The van der Waals surface area contributed by atoms with Gasteiger partial charge in [-0.2, -0.15) is 15.4 Å². The number of urea groups is 1. The normalized spacial score (nSPS) is 22.6. The van der Waals surface area contributed by atoms with Crippen molar-refractivity contribution in [3.63, 3.8) is 0 Å². The number of nitrogens with zero attached hydrogens (tertiary/aromatic N) is 6. The number of halogens is 1. The predicted molar refractivity (Wildman–Crippen MR) is 151 cm³/mol. The zero-order chi connectivity index (χ0) is 28.3. The van der Waals surface area contributed by atoms with Gasteiger partial charge in [-0.05, 0) is 54.4 Å². The molecule has 4 rings (SSSR count). The van der Waals surface area contributed by atoms with Crippen molar-refractivity contribution >= 4 is 41.3 Å². The van der Waals surface area contributed by atoms with E-state index in [1.807, 2.05) is 26.2 Å². The third-order valence-corrected chi connectivity index (χ3v) is 7.68. The van der Waals surface area contributed by atoms with Crippen LogP contribution in [-0.2, 0) is 18.3 Å². The Morgan fingerprint density at radius 2 is 2.08 bits per heavy atom. The number of hydrogen-bond donors (Lipinski definition) is 2. The number of allylic oxidation sites excluding steroid dienone is 1. The summed E-state index contributed by atoms with van der Waals surface area (Å²) in [4.78, 5) is 36.0. The molecular formula is C28H33ClN8O2. The van der Waals surface area contributed by atoms with E-state index in [2.05, 4.69) is 45.6 Å². The van der Waals surface area contributed by atoms with E-state index in [1.54, 1.807) is 23.0 Å². The summed E-state index contributed by atoms with van der Waals surface area (Å²) in [6.45, 7) is 7.78. The Morgan fingerprint density at radius 3 is 2.77 bits per heavy atom. The summed E-state index contributed by atoms with van der Waals surface area (Å²) in [5, 5.41) is 20.5. The van der Waals surface area contributed by atoms with Crippen LogP contribution in [-0.4, -0.2) is 50.1 Å². The third-order valence-electron chi connectivity index (χ3n) is 7.31. The third kappa shape index (κ3) is 6.73. The highest BCUT2D eigenvalue weighted by molar-refractivity contribution is 6.32. The summed E-state index contributed by atoms with van der Waals surface area (Å²) in [7, 11) is 1.84. The average molecular weight is 549 g/mol. The molecule has 10 nitrogen and oxygen atoms in total. The minimum absolute atomic E-state index is 0.0850. The molecule has 2 heterocycles. The van der Waals surface area contributed by atoms with Gasteiger partial charge < -0.3 is 10.6 Å². The lowest BCUT2D eigenvalue weighted by Gasteiger charge is -2.36. The Kier molecular flexibility index (Phi) is 8.51. The van der Waals surface area contributed by atoms with Crippen molar-refractivity contribution in [1.82, 2.24) is 25.0 Å². The number of nitrogens with one attached hydrogen (secondary N) is 2. The van der Waals surface area contributed by atoms with Crippen LogP contribution in [0.5, 0.6) is 0 Å². The van der Waals surface area contributed by atoms with E-state index in [0.29, 0.717) is 29.1 Å². The van der Waals surface area contributed by atoms with Crippen LogP contribution >= 0.6 is 11.6 Å². The Hall–Kier alpha value is -3.97. The minimum Gasteiger partial charge on any atom is -0.347 e. The zero-order valence-electron chi connectivity index (χ0n) is 22.8. The number of hydrogen-bond acceptors (Lipinski definition) is 5. The number of fused-ring (bicyclic) bond motifs is 1. The molecule has 0 aliphatic heterocycles. The number of anilines is 1. The number of rotatable bonds is 4. The van der Waals surface area contributed by atoms with Crippen LogP contribution in [0.1, 0.15) is 44.0 Å². The highest BCUT2D eigenvalue weighted by Crippen LogP contribution is 2.34. The van der Waals surface area contributed by atoms with Crippen molar-refractivity contribution in [2.24, 2.45) is 29.8 Å². The molecule has 0 radical (unpaired) electrons. The molecule has 2 aliphatic carbocycles. The second-order valence-corrected chi connectivity index (χ2v) is 10.8. The second kappa shape index (κ2) is 11.8. The van der Waals surface area contributed by atoms with Crippen LogP contribution in [0, 0.1) is 36.0 Å². The number of carbonyl (C=O) groups excluding carboxylic acids is 2. The first-order valence-corrected chi connectivity index (χ1v) is 13.3. The maximum Gasteiger partial charge on any atom is 0.348 e. The number of guanidine groups is 1. The highest BCUT2D eigenvalue weighted by Gasteiger charge is 2.32. The van der Waals surface area contributed by atoms with Gasteiger partial charge in [0.2, 0.25) is 11.9 Å². The van der Waals surface area contributed by atoms with Crippen LogP contribution in [0.2, 0.25) is 0 Å². The highest BCUT2D eigenvalue weighted by atomic mass is 35.5. The number of pyridine rings is 1. The summed E-state index contributed by atoms with van der Waals surface area (Å²) in [6.07, 6.45) is 10.0. The van der Waals surface area contributed by atoms with Gasteiger partial charge in [-0.1, -0.05) is 31.5 Å². The molecule has 2 aromatic heterocycles. The van der Waals surface area contributed by atoms with Gasteiger partial charge in [0.15, 0.2) is 0 Å². The molecular weight excluding hydrogens is 516 g/mol. The maximum atomic E-state index is 13.1. The monoisotopic (exact) mass is 548 g/mol. The molecule has 0 aromatic carbocycles. The Bertz CT molecular complexity index is 1400. The molecule has 204 valence electrons. The fourth-order valence-electron chi connectivity index (χ4n) is 5.01. The molecule has 39 heavy (non-hydrogen) atoms. The molecule has 2 N–H and O–H groups in total. The number of amides is 3. The first-order valence-electron chi connectivity index (χ1n) is 12.9. The Balaban J connectivity index is 1.67. The molecule has 3 amide bonds. The lowest BCUT2D eigenvalue weighted by molar-refractivity contribution is -0.125. The van der Waals surface area contributed by atoms with Crippen LogP contribution in [0.15, 0.2) is 46.3 Å². The van der Waals surface area contributed by atoms with Crippen LogP contribution in [0.3, 0.4) is 0 Å². The van der Waals surface area contributed by atoms with Gasteiger partial charge in [-0.25, -0.2) is 4.79 Å². The number of aromatic nitrogens is 3. The largest absolute Gasteiger partial charge is 0.348 e. The van der Waals surface area contributed by atoms with Gasteiger partial charge in [0, 0.05) is 49.9 Å². The fourth-order valence-corrected chi connectivity index (χ4v) is 5.24. The van der Waals surface area contributed by atoms with Gasteiger partial charge in [0.1, 0.15) is 0 Å². The molecule has 11 heteroatoms. The number of aliphatic imine (C=N–C) groups is 1. The maximum absolute atomic E-state index is 13.1. The van der Waals surface area contributed by atoms with E-state index in [-0.39, 0.29) is 36.2 Å². The van der Waals surface area contributed by atoms with Crippen molar-refractivity contribution in [2.75, 3.05) is 11.9 Å². The van der Waals surface area contributed by atoms with Gasteiger partial charge in [-0.15, -0.1) is 0 Å². The molecule has 0 spiro atoms. The smallest absolute Gasteiger partial charge is 0.347 e.